The normalized spacial score (nSPS) is 10.5. The Labute approximate surface area is 148 Å². The third-order valence-electron chi connectivity index (χ3n) is 3.65. The number of nitrogens with zero attached hydrogens (tertiary/aromatic N) is 1. The van der Waals surface area contributed by atoms with Gasteiger partial charge in [0.05, 0.1) is 30.3 Å². The molecule has 0 radical (unpaired) electrons. The molecule has 7 nitrogen and oxygen atoms in total. The van der Waals surface area contributed by atoms with E-state index in [0.29, 0.717) is 22.9 Å². The second-order valence-corrected chi connectivity index (χ2v) is 6.12. The molecule has 0 atom stereocenters. The Morgan fingerprint density at radius 2 is 2.00 bits per heavy atom. The van der Waals surface area contributed by atoms with E-state index >= 15 is 0 Å². The molecule has 3 N–H and O–H groups in total. The second kappa shape index (κ2) is 6.86. The van der Waals surface area contributed by atoms with Gasteiger partial charge in [-0.2, -0.15) is 0 Å². The van der Waals surface area contributed by atoms with Crippen LogP contribution in [0.15, 0.2) is 29.6 Å². The van der Waals surface area contributed by atoms with Gasteiger partial charge in [-0.15, -0.1) is 11.3 Å². The first-order chi connectivity index (χ1) is 12.0. The van der Waals surface area contributed by atoms with Crippen molar-refractivity contribution < 1.29 is 19.4 Å². The fraction of sp³-hybridized carbons (Fsp3) is 0.176. The molecule has 2 aromatic heterocycles. The summed E-state index contributed by atoms with van der Waals surface area (Å²) in [4.78, 5) is 16.5. The summed E-state index contributed by atoms with van der Waals surface area (Å²) in [6.07, 6.45) is 0. The molecule has 3 rings (SSSR count). The minimum absolute atomic E-state index is 0.226. The van der Waals surface area contributed by atoms with E-state index in [1.165, 1.54) is 25.6 Å². The van der Waals surface area contributed by atoms with E-state index < -0.39 is 6.03 Å². The summed E-state index contributed by atoms with van der Waals surface area (Å²) in [5.74, 6) is 0.843. The van der Waals surface area contributed by atoms with Gasteiger partial charge in [0, 0.05) is 11.5 Å². The zero-order valence-corrected chi connectivity index (χ0v) is 14.7. The summed E-state index contributed by atoms with van der Waals surface area (Å²) < 4.78 is 11.3. The van der Waals surface area contributed by atoms with Crippen LogP contribution in [0.4, 0.5) is 16.2 Å². The molecule has 0 aliphatic carbocycles. The van der Waals surface area contributed by atoms with E-state index in [1.54, 1.807) is 18.2 Å². The van der Waals surface area contributed by atoms with Gasteiger partial charge in [-0.25, -0.2) is 9.78 Å². The molecule has 0 aliphatic rings. The number of nitrogens with one attached hydrogen (secondary N) is 2. The Kier molecular flexibility index (Phi) is 4.62. The van der Waals surface area contributed by atoms with Crippen LogP contribution >= 0.6 is 11.3 Å². The number of rotatable bonds is 4. The van der Waals surface area contributed by atoms with Crippen LogP contribution in [0, 0.1) is 6.92 Å². The minimum Gasteiger partial charge on any atom is -0.497 e. The number of urea groups is 1. The number of ether oxygens (including phenoxy) is 2. The summed E-state index contributed by atoms with van der Waals surface area (Å²) in [6.45, 7) is 1.81. The Morgan fingerprint density at radius 1 is 1.20 bits per heavy atom. The van der Waals surface area contributed by atoms with Crippen molar-refractivity contribution in [3.63, 3.8) is 0 Å². The van der Waals surface area contributed by atoms with Crippen LogP contribution in [0.5, 0.6) is 17.4 Å². The molecular formula is C17H17N3O4S. The lowest BCUT2D eigenvalue weighted by Gasteiger charge is -2.13. The van der Waals surface area contributed by atoms with Crippen LogP contribution in [0.3, 0.4) is 0 Å². The molecule has 0 bridgehead atoms. The van der Waals surface area contributed by atoms with E-state index in [0.717, 1.165) is 10.1 Å². The van der Waals surface area contributed by atoms with Gasteiger partial charge in [0.1, 0.15) is 17.2 Å². The number of anilines is 2. The highest BCUT2D eigenvalue weighted by molar-refractivity contribution is 7.17. The van der Waals surface area contributed by atoms with Crippen molar-refractivity contribution in [2.75, 3.05) is 24.9 Å². The topological polar surface area (TPSA) is 92.7 Å². The molecule has 8 heteroatoms. The number of fused-ring (bicyclic) bond motifs is 1. The van der Waals surface area contributed by atoms with Crippen LogP contribution < -0.4 is 20.1 Å². The number of pyridine rings is 1. The first kappa shape index (κ1) is 16.8. The number of carbonyl (C=O) groups excluding carboxylic acids is 1. The lowest BCUT2D eigenvalue weighted by molar-refractivity contribution is 0.262. The van der Waals surface area contributed by atoms with Gasteiger partial charge < -0.3 is 25.2 Å². The molecule has 25 heavy (non-hydrogen) atoms. The highest BCUT2D eigenvalue weighted by atomic mass is 32.1. The van der Waals surface area contributed by atoms with Crippen molar-refractivity contribution >= 4 is 38.8 Å². The smallest absolute Gasteiger partial charge is 0.323 e. The Bertz CT molecular complexity index is 939. The molecule has 0 spiro atoms. The molecule has 3 aromatic rings. The lowest BCUT2D eigenvalue weighted by atomic mass is 10.2. The van der Waals surface area contributed by atoms with Crippen LogP contribution in [0.1, 0.15) is 5.69 Å². The number of aromatic hydroxyl groups is 1. The third kappa shape index (κ3) is 3.29. The second-order valence-electron chi connectivity index (χ2n) is 5.20. The fourth-order valence-electron chi connectivity index (χ4n) is 2.47. The Hall–Kier alpha value is -3.00. The molecule has 0 unspecified atom stereocenters. The van der Waals surface area contributed by atoms with Crippen molar-refractivity contribution in [3.8, 4) is 17.4 Å². The van der Waals surface area contributed by atoms with Gasteiger partial charge >= 0.3 is 6.03 Å². The lowest BCUT2D eigenvalue weighted by Crippen LogP contribution is -2.20. The SMILES string of the molecule is COc1ccc(OC)c(NC(=O)Nc2c(O)nc(C)c3sccc23)c1. The molecule has 130 valence electrons. The molecule has 0 fully saturated rings. The maximum Gasteiger partial charge on any atom is 0.323 e. The summed E-state index contributed by atoms with van der Waals surface area (Å²) >= 11 is 1.50. The van der Waals surface area contributed by atoms with E-state index in [4.69, 9.17) is 9.47 Å². The average Bonchev–Trinajstić information content (AvgIpc) is 3.08. The molecular weight excluding hydrogens is 342 g/mol. The molecule has 2 amide bonds. The predicted molar refractivity (Wildman–Crippen MR) is 98.2 cm³/mol. The molecule has 2 heterocycles. The number of hydrogen-bond acceptors (Lipinski definition) is 6. The third-order valence-corrected chi connectivity index (χ3v) is 4.68. The summed E-state index contributed by atoms with van der Waals surface area (Å²) in [5, 5.41) is 18.1. The molecule has 0 saturated heterocycles. The number of thiophene rings is 1. The first-order valence-corrected chi connectivity index (χ1v) is 8.28. The maximum atomic E-state index is 12.4. The van der Waals surface area contributed by atoms with Crippen LogP contribution in [0.25, 0.3) is 10.1 Å². The zero-order chi connectivity index (χ0) is 18.0. The largest absolute Gasteiger partial charge is 0.497 e. The van der Waals surface area contributed by atoms with E-state index in [1.807, 2.05) is 18.4 Å². The maximum absolute atomic E-state index is 12.4. The fourth-order valence-corrected chi connectivity index (χ4v) is 3.33. The van der Waals surface area contributed by atoms with Gasteiger partial charge in [-0.3, -0.25) is 0 Å². The highest BCUT2D eigenvalue weighted by Crippen LogP contribution is 2.36. The van der Waals surface area contributed by atoms with Gasteiger partial charge in [-0.05, 0) is 30.5 Å². The quantitative estimate of drug-likeness (QED) is 0.655. The zero-order valence-electron chi connectivity index (χ0n) is 13.9. The Morgan fingerprint density at radius 3 is 2.72 bits per heavy atom. The number of carbonyl (C=O) groups is 1. The summed E-state index contributed by atoms with van der Waals surface area (Å²) in [6, 6.07) is 6.37. The van der Waals surface area contributed by atoms with Crippen LogP contribution in [0.2, 0.25) is 0 Å². The molecule has 0 saturated carbocycles. The number of aromatic nitrogens is 1. The van der Waals surface area contributed by atoms with Gasteiger partial charge in [0.25, 0.3) is 0 Å². The van der Waals surface area contributed by atoms with Crippen molar-refractivity contribution in [2.45, 2.75) is 6.92 Å². The van der Waals surface area contributed by atoms with E-state index in [9.17, 15) is 9.90 Å². The van der Waals surface area contributed by atoms with Gasteiger partial charge in [0.15, 0.2) is 0 Å². The predicted octanol–water partition coefficient (Wildman–Crippen LogP) is 3.97. The number of amides is 2. The van der Waals surface area contributed by atoms with Gasteiger partial charge in [0.2, 0.25) is 5.88 Å². The average molecular weight is 359 g/mol. The minimum atomic E-state index is -0.528. The molecule has 1 aromatic carbocycles. The van der Waals surface area contributed by atoms with Crippen molar-refractivity contribution in [2.24, 2.45) is 0 Å². The number of methoxy groups -OCH3 is 2. The number of hydrogen-bond donors (Lipinski definition) is 3. The van der Waals surface area contributed by atoms with E-state index in [-0.39, 0.29) is 11.6 Å². The standard InChI is InChI=1S/C17H17N3O4S/c1-9-15-11(6-7-25-15)14(16(21)18-9)20-17(22)19-12-8-10(23-2)4-5-13(12)24-3/h4-8H,1-3H3,(H,18,21)(H2,19,20,22). The number of aryl methyl sites for hydroxylation is 1. The summed E-state index contributed by atoms with van der Waals surface area (Å²) in [5.41, 5.74) is 1.42. The molecule has 0 aliphatic heterocycles. The van der Waals surface area contributed by atoms with Crippen molar-refractivity contribution in [1.82, 2.24) is 4.98 Å². The van der Waals surface area contributed by atoms with Crippen LogP contribution in [-0.2, 0) is 0 Å². The van der Waals surface area contributed by atoms with Crippen molar-refractivity contribution in [3.05, 3.63) is 35.3 Å². The number of benzene rings is 1. The Balaban J connectivity index is 1.88. The summed E-state index contributed by atoms with van der Waals surface area (Å²) in [7, 11) is 3.05. The monoisotopic (exact) mass is 359 g/mol. The van der Waals surface area contributed by atoms with E-state index in [2.05, 4.69) is 15.6 Å². The van der Waals surface area contributed by atoms with Gasteiger partial charge in [-0.1, -0.05) is 0 Å². The van der Waals surface area contributed by atoms with Crippen LogP contribution in [-0.4, -0.2) is 30.3 Å². The highest BCUT2D eigenvalue weighted by Gasteiger charge is 2.16. The van der Waals surface area contributed by atoms with Crippen molar-refractivity contribution in [1.29, 1.82) is 0 Å². The first-order valence-electron chi connectivity index (χ1n) is 7.40.